The van der Waals surface area contributed by atoms with Gasteiger partial charge in [0.2, 0.25) is 0 Å². The molecular formula is C17H27ClN2. The van der Waals surface area contributed by atoms with Gasteiger partial charge >= 0.3 is 0 Å². The summed E-state index contributed by atoms with van der Waals surface area (Å²) in [5, 5.41) is 4.42. The number of nitrogens with zero attached hydrogens (tertiary/aromatic N) is 1. The lowest BCUT2D eigenvalue weighted by Crippen LogP contribution is -2.40. The van der Waals surface area contributed by atoms with Crippen molar-refractivity contribution in [3.05, 3.63) is 28.8 Å². The maximum Gasteiger partial charge on any atom is 0.0471 e. The van der Waals surface area contributed by atoms with Gasteiger partial charge < -0.3 is 10.2 Å². The molecule has 0 amide bonds. The summed E-state index contributed by atoms with van der Waals surface area (Å²) >= 11 is 6.46. The van der Waals surface area contributed by atoms with Gasteiger partial charge in [-0.25, -0.2) is 0 Å². The molecule has 20 heavy (non-hydrogen) atoms. The molecule has 0 atom stereocenters. The SMILES string of the molecule is CC(C)(C)NCc1c(Cl)cccc1N1CCCC1(C)C. The van der Waals surface area contributed by atoms with Gasteiger partial charge in [0.05, 0.1) is 0 Å². The van der Waals surface area contributed by atoms with Gasteiger partial charge in [-0.15, -0.1) is 0 Å². The summed E-state index contributed by atoms with van der Waals surface area (Å²) in [5.41, 5.74) is 2.83. The minimum absolute atomic E-state index is 0.0942. The third-order valence-electron chi connectivity index (χ3n) is 4.08. The van der Waals surface area contributed by atoms with Crippen molar-refractivity contribution in [2.75, 3.05) is 11.4 Å². The molecule has 0 spiro atoms. The second-order valence-corrected chi connectivity index (χ2v) is 7.82. The molecule has 1 heterocycles. The molecule has 0 saturated carbocycles. The van der Waals surface area contributed by atoms with Gasteiger partial charge in [-0.2, -0.15) is 0 Å². The van der Waals surface area contributed by atoms with Crippen LogP contribution in [0.15, 0.2) is 18.2 Å². The Balaban J connectivity index is 2.31. The molecule has 0 bridgehead atoms. The van der Waals surface area contributed by atoms with E-state index in [-0.39, 0.29) is 11.1 Å². The Kier molecular flexibility index (Phi) is 4.36. The predicted molar refractivity (Wildman–Crippen MR) is 88.7 cm³/mol. The van der Waals surface area contributed by atoms with E-state index in [2.05, 4.69) is 57.0 Å². The van der Waals surface area contributed by atoms with Crippen LogP contribution in [0.3, 0.4) is 0 Å². The highest BCUT2D eigenvalue weighted by atomic mass is 35.5. The highest BCUT2D eigenvalue weighted by Gasteiger charge is 2.33. The van der Waals surface area contributed by atoms with Crippen LogP contribution in [0.2, 0.25) is 5.02 Å². The number of rotatable bonds is 3. The Morgan fingerprint density at radius 3 is 2.55 bits per heavy atom. The molecule has 112 valence electrons. The van der Waals surface area contributed by atoms with E-state index in [1.165, 1.54) is 24.1 Å². The van der Waals surface area contributed by atoms with Crippen molar-refractivity contribution in [2.24, 2.45) is 0 Å². The summed E-state index contributed by atoms with van der Waals surface area (Å²) in [6, 6.07) is 6.26. The average molecular weight is 295 g/mol. The molecular weight excluding hydrogens is 268 g/mol. The van der Waals surface area contributed by atoms with Gasteiger partial charge in [0.25, 0.3) is 0 Å². The molecule has 3 heteroatoms. The van der Waals surface area contributed by atoms with Crippen LogP contribution in [-0.4, -0.2) is 17.6 Å². The third kappa shape index (κ3) is 3.48. The number of anilines is 1. The second kappa shape index (κ2) is 5.57. The summed E-state index contributed by atoms with van der Waals surface area (Å²) in [5.74, 6) is 0. The van der Waals surface area contributed by atoms with E-state index in [9.17, 15) is 0 Å². The Bertz CT molecular complexity index is 474. The molecule has 0 aliphatic carbocycles. The summed E-state index contributed by atoms with van der Waals surface area (Å²) in [4.78, 5) is 2.51. The monoisotopic (exact) mass is 294 g/mol. The topological polar surface area (TPSA) is 15.3 Å². The summed E-state index contributed by atoms with van der Waals surface area (Å²) < 4.78 is 0. The van der Waals surface area contributed by atoms with E-state index < -0.39 is 0 Å². The molecule has 1 fully saturated rings. The lowest BCUT2D eigenvalue weighted by molar-refractivity contribution is 0.423. The fraction of sp³-hybridized carbons (Fsp3) is 0.647. The number of halogens is 1. The largest absolute Gasteiger partial charge is 0.366 e. The average Bonchev–Trinajstić information content (AvgIpc) is 2.65. The maximum absolute atomic E-state index is 6.46. The smallest absolute Gasteiger partial charge is 0.0471 e. The first-order chi connectivity index (χ1) is 9.21. The highest BCUT2D eigenvalue weighted by Crippen LogP contribution is 2.37. The Morgan fingerprint density at radius 1 is 1.30 bits per heavy atom. The molecule has 0 unspecified atom stereocenters. The van der Waals surface area contributed by atoms with E-state index in [0.717, 1.165) is 18.1 Å². The van der Waals surface area contributed by atoms with Gasteiger partial charge in [-0.1, -0.05) is 17.7 Å². The standard InChI is InChI=1S/C17H27ClN2/c1-16(2,3)19-12-13-14(18)8-6-9-15(13)20-11-7-10-17(20,4)5/h6,8-9,19H,7,10-12H2,1-5H3. The summed E-state index contributed by atoms with van der Waals surface area (Å²) in [6.45, 7) is 13.1. The molecule has 1 aliphatic heterocycles. The van der Waals surface area contributed by atoms with Crippen LogP contribution < -0.4 is 10.2 Å². The molecule has 2 nitrogen and oxygen atoms in total. The van der Waals surface area contributed by atoms with Gasteiger partial charge in [0.15, 0.2) is 0 Å². The molecule has 2 rings (SSSR count). The normalized spacial score (nSPS) is 18.6. The second-order valence-electron chi connectivity index (χ2n) is 7.41. The summed E-state index contributed by atoms with van der Waals surface area (Å²) in [6.07, 6.45) is 2.50. The van der Waals surface area contributed by atoms with Crippen LogP contribution in [0.4, 0.5) is 5.69 Å². The number of hydrogen-bond acceptors (Lipinski definition) is 2. The third-order valence-corrected chi connectivity index (χ3v) is 4.44. The van der Waals surface area contributed by atoms with Gasteiger partial charge in [-0.3, -0.25) is 0 Å². The zero-order valence-corrected chi connectivity index (χ0v) is 14.1. The van der Waals surface area contributed by atoms with Gasteiger partial charge in [0.1, 0.15) is 0 Å². The Morgan fingerprint density at radius 2 is 2.00 bits per heavy atom. The molecule has 0 aromatic heterocycles. The minimum Gasteiger partial charge on any atom is -0.366 e. The van der Waals surface area contributed by atoms with Crippen molar-refractivity contribution < 1.29 is 0 Å². The first-order valence-corrected chi connectivity index (χ1v) is 7.89. The van der Waals surface area contributed by atoms with Crippen molar-refractivity contribution in [1.82, 2.24) is 5.32 Å². The van der Waals surface area contributed by atoms with Crippen molar-refractivity contribution in [3.63, 3.8) is 0 Å². The van der Waals surface area contributed by atoms with E-state index in [0.29, 0.717) is 0 Å². The first-order valence-electron chi connectivity index (χ1n) is 7.51. The fourth-order valence-corrected chi connectivity index (χ4v) is 3.12. The van der Waals surface area contributed by atoms with Crippen LogP contribution in [0.25, 0.3) is 0 Å². The minimum atomic E-state index is 0.0942. The maximum atomic E-state index is 6.46. The van der Waals surface area contributed by atoms with Crippen molar-refractivity contribution >= 4 is 17.3 Å². The molecule has 1 aliphatic rings. The number of hydrogen-bond donors (Lipinski definition) is 1. The molecule has 1 saturated heterocycles. The zero-order valence-electron chi connectivity index (χ0n) is 13.4. The highest BCUT2D eigenvalue weighted by molar-refractivity contribution is 6.31. The quantitative estimate of drug-likeness (QED) is 0.876. The lowest BCUT2D eigenvalue weighted by Gasteiger charge is -2.36. The molecule has 1 N–H and O–H groups in total. The van der Waals surface area contributed by atoms with Crippen LogP contribution >= 0.6 is 11.6 Å². The zero-order chi connectivity index (χ0) is 15.0. The number of nitrogens with one attached hydrogen (secondary N) is 1. The van der Waals surface area contributed by atoms with Gasteiger partial charge in [-0.05, 0) is 59.6 Å². The van der Waals surface area contributed by atoms with Crippen molar-refractivity contribution in [2.45, 2.75) is 65.1 Å². The van der Waals surface area contributed by atoms with E-state index in [4.69, 9.17) is 11.6 Å². The van der Waals surface area contributed by atoms with Crippen molar-refractivity contribution in [3.8, 4) is 0 Å². The summed E-state index contributed by atoms with van der Waals surface area (Å²) in [7, 11) is 0. The van der Waals surface area contributed by atoms with E-state index in [1.54, 1.807) is 0 Å². The number of benzene rings is 1. The van der Waals surface area contributed by atoms with Crippen molar-refractivity contribution in [1.29, 1.82) is 0 Å². The Hall–Kier alpha value is -0.730. The van der Waals surface area contributed by atoms with E-state index in [1.807, 2.05) is 6.07 Å². The fourth-order valence-electron chi connectivity index (χ4n) is 2.88. The van der Waals surface area contributed by atoms with Crippen LogP contribution in [0, 0.1) is 0 Å². The van der Waals surface area contributed by atoms with Gasteiger partial charge in [0, 0.05) is 40.4 Å². The van der Waals surface area contributed by atoms with E-state index >= 15 is 0 Å². The Labute approximate surface area is 128 Å². The molecule has 0 radical (unpaired) electrons. The first kappa shape index (κ1) is 15.7. The molecule has 1 aromatic rings. The van der Waals surface area contributed by atoms with Crippen LogP contribution in [0.5, 0.6) is 0 Å². The lowest BCUT2D eigenvalue weighted by atomic mass is 10.00. The van der Waals surface area contributed by atoms with Crippen LogP contribution in [-0.2, 0) is 6.54 Å². The predicted octanol–water partition coefficient (Wildman–Crippen LogP) is 4.61. The molecule has 1 aromatic carbocycles. The van der Waals surface area contributed by atoms with Crippen LogP contribution in [0.1, 0.15) is 53.0 Å².